The van der Waals surface area contributed by atoms with Crippen molar-refractivity contribution in [3.05, 3.63) is 29.3 Å². The molecular weight excluding hydrogens is 256 g/mol. The Hall–Kier alpha value is -1.16. The van der Waals surface area contributed by atoms with E-state index >= 15 is 0 Å². The number of benzene rings is 1. The summed E-state index contributed by atoms with van der Waals surface area (Å²) in [7, 11) is 0. The van der Waals surface area contributed by atoms with Gasteiger partial charge < -0.3 is 11.1 Å². The van der Waals surface area contributed by atoms with Gasteiger partial charge in [-0.2, -0.15) is 11.8 Å². The van der Waals surface area contributed by atoms with Crippen molar-refractivity contribution >= 4 is 23.4 Å². The molecule has 0 bridgehead atoms. The molecule has 0 unspecified atom stereocenters. The van der Waals surface area contributed by atoms with E-state index in [9.17, 15) is 4.79 Å². The third kappa shape index (κ3) is 5.55. The van der Waals surface area contributed by atoms with Crippen molar-refractivity contribution in [2.24, 2.45) is 0 Å². The molecule has 19 heavy (non-hydrogen) atoms. The zero-order chi connectivity index (χ0) is 14.1. The molecule has 106 valence electrons. The van der Waals surface area contributed by atoms with E-state index in [0.29, 0.717) is 11.3 Å². The zero-order valence-corrected chi connectivity index (χ0v) is 12.7. The minimum absolute atomic E-state index is 0.0558. The fraction of sp³-hybridized carbons (Fsp3) is 0.533. The second kappa shape index (κ2) is 8.86. The third-order valence-electron chi connectivity index (χ3n) is 3.09. The maximum absolute atomic E-state index is 12.0. The fourth-order valence-electron chi connectivity index (χ4n) is 2.02. The summed E-state index contributed by atoms with van der Waals surface area (Å²) in [6.07, 6.45) is 6.84. The minimum Gasteiger partial charge on any atom is -0.398 e. The Morgan fingerprint density at radius 2 is 2.00 bits per heavy atom. The van der Waals surface area contributed by atoms with Crippen molar-refractivity contribution in [3.63, 3.8) is 0 Å². The third-order valence-corrected chi connectivity index (χ3v) is 3.79. The molecule has 1 aromatic carbocycles. The lowest BCUT2D eigenvalue weighted by Crippen LogP contribution is -2.26. The van der Waals surface area contributed by atoms with Gasteiger partial charge in [-0.25, -0.2) is 0 Å². The lowest BCUT2D eigenvalue weighted by atomic mass is 10.1. The highest BCUT2D eigenvalue weighted by molar-refractivity contribution is 7.98. The highest BCUT2D eigenvalue weighted by Gasteiger charge is 2.11. The van der Waals surface area contributed by atoms with E-state index in [1.807, 2.05) is 30.8 Å². The smallest absolute Gasteiger partial charge is 0.253 e. The number of nitrogens with two attached hydrogens (primary N) is 1. The number of hydrogen-bond donors (Lipinski definition) is 2. The van der Waals surface area contributed by atoms with Crippen molar-refractivity contribution in [2.75, 3.05) is 24.3 Å². The van der Waals surface area contributed by atoms with Crippen LogP contribution in [0, 0.1) is 6.92 Å². The number of nitrogen functional groups attached to an aromatic ring is 1. The van der Waals surface area contributed by atoms with Crippen molar-refractivity contribution in [2.45, 2.75) is 32.6 Å². The number of carbonyl (C=O) groups excluding carboxylic acids is 1. The Morgan fingerprint density at radius 1 is 1.26 bits per heavy atom. The van der Waals surface area contributed by atoms with Crippen LogP contribution in [-0.4, -0.2) is 24.5 Å². The van der Waals surface area contributed by atoms with Gasteiger partial charge in [-0.05, 0) is 43.4 Å². The Morgan fingerprint density at radius 3 is 2.68 bits per heavy atom. The van der Waals surface area contributed by atoms with Gasteiger partial charge in [-0.3, -0.25) is 4.79 Å². The van der Waals surface area contributed by atoms with E-state index in [2.05, 4.69) is 11.6 Å². The number of aryl methyl sites for hydroxylation is 1. The number of nitrogens with one attached hydrogen (secondary N) is 1. The summed E-state index contributed by atoms with van der Waals surface area (Å²) in [4.78, 5) is 12.0. The number of anilines is 1. The molecule has 0 heterocycles. The fourth-order valence-corrected chi connectivity index (χ4v) is 2.51. The largest absolute Gasteiger partial charge is 0.398 e. The molecule has 0 saturated carbocycles. The quantitative estimate of drug-likeness (QED) is 0.568. The van der Waals surface area contributed by atoms with Gasteiger partial charge in [0, 0.05) is 12.2 Å². The first kappa shape index (κ1) is 15.9. The normalized spacial score (nSPS) is 10.4. The Balaban J connectivity index is 2.28. The van der Waals surface area contributed by atoms with Crippen LogP contribution >= 0.6 is 11.8 Å². The van der Waals surface area contributed by atoms with E-state index in [4.69, 9.17) is 5.73 Å². The summed E-state index contributed by atoms with van der Waals surface area (Å²) in [5.41, 5.74) is 7.94. The van der Waals surface area contributed by atoms with Crippen molar-refractivity contribution < 1.29 is 4.79 Å². The van der Waals surface area contributed by atoms with Crippen molar-refractivity contribution in [1.82, 2.24) is 5.32 Å². The molecule has 1 aromatic rings. The first-order valence-corrected chi connectivity index (χ1v) is 8.18. The molecule has 0 radical (unpaired) electrons. The summed E-state index contributed by atoms with van der Waals surface area (Å²) in [5, 5.41) is 2.95. The predicted octanol–water partition coefficient (Wildman–Crippen LogP) is 3.23. The summed E-state index contributed by atoms with van der Waals surface area (Å²) >= 11 is 1.89. The minimum atomic E-state index is -0.0558. The van der Waals surface area contributed by atoms with Gasteiger partial charge in [0.2, 0.25) is 0 Å². The molecule has 4 heteroatoms. The molecule has 0 aromatic heterocycles. The standard InChI is InChI=1S/C15H24N2OS/c1-12-8-7-9-13(16)14(12)15(18)17-10-5-3-4-6-11-19-2/h7-9H,3-6,10-11,16H2,1-2H3,(H,17,18). The molecule has 0 atom stereocenters. The highest BCUT2D eigenvalue weighted by atomic mass is 32.2. The van der Waals surface area contributed by atoms with Crippen molar-refractivity contribution in [3.8, 4) is 0 Å². The van der Waals surface area contributed by atoms with Crippen LogP contribution in [0.1, 0.15) is 41.6 Å². The van der Waals surface area contributed by atoms with Gasteiger partial charge in [-0.15, -0.1) is 0 Å². The Bertz CT molecular complexity index is 387. The maximum atomic E-state index is 12.0. The van der Waals surface area contributed by atoms with Crippen LogP contribution in [-0.2, 0) is 0 Å². The number of unbranched alkanes of at least 4 members (excludes halogenated alkanes) is 3. The molecule has 1 rings (SSSR count). The average molecular weight is 280 g/mol. The van der Waals surface area contributed by atoms with E-state index in [-0.39, 0.29) is 5.91 Å². The average Bonchev–Trinajstić information content (AvgIpc) is 2.37. The lowest BCUT2D eigenvalue weighted by Gasteiger charge is -2.10. The highest BCUT2D eigenvalue weighted by Crippen LogP contribution is 2.15. The van der Waals surface area contributed by atoms with E-state index < -0.39 is 0 Å². The van der Waals surface area contributed by atoms with Gasteiger partial charge in [0.25, 0.3) is 5.91 Å². The summed E-state index contributed by atoms with van der Waals surface area (Å²) < 4.78 is 0. The number of amides is 1. The Labute approximate surface area is 120 Å². The van der Waals surface area contributed by atoms with E-state index in [1.54, 1.807) is 6.07 Å². The van der Waals surface area contributed by atoms with Gasteiger partial charge in [0.1, 0.15) is 0 Å². The zero-order valence-electron chi connectivity index (χ0n) is 11.9. The topological polar surface area (TPSA) is 55.1 Å². The van der Waals surface area contributed by atoms with Crippen LogP contribution in [0.4, 0.5) is 5.69 Å². The van der Waals surface area contributed by atoms with Crippen LogP contribution in [0.2, 0.25) is 0 Å². The monoisotopic (exact) mass is 280 g/mol. The molecule has 0 saturated heterocycles. The van der Waals surface area contributed by atoms with Gasteiger partial charge in [0.05, 0.1) is 5.56 Å². The number of hydrogen-bond acceptors (Lipinski definition) is 3. The maximum Gasteiger partial charge on any atom is 0.253 e. The van der Waals surface area contributed by atoms with Crippen LogP contribution in [0.5, 0.6) is 0 Å². The molecule has 3 nitrogen and oxygen atoms in total. The lowest BCUT2D eigenvalue weighted by molar-refractivity contribution is 0.0953. The SMILES string of the molecule is CSCCCCCCNC(=O)c1c(C)cccc1N. The molecule has 1 amide bonds. The van der Waals surface area contributed by atoms with Gasteiger partial charge >= 0.3 is 0 Å². The first-order valence-electron chi connectivity index (χ1n) is 6.79. The van der Waals surface area contributed by atoms with Crippen LogP contribution in [0.15, 0.2) is 18.2 Å². The van der Waals surface area contributed by atoms with E-state index in [0.717, 1.165) is 18.5 Å². The first-order chi connectivity index (χ1) is 9.16. The van der Waals surface area contributed by atoms with Gasteiger partial charge in [-0.1, -0.05) is 25.0 Å². The number of rotatable bonds is 8. The summed E-state index contributed by atoms with van der Waals surface area (Å²) in [6, 6.07) is 5.55. The van der Waals surface area contributed by atoms with Crippen LogP contribution in [0.25, 0.3) is 0 Å². The molecule has 0 aliphatic carbocycles. The molecule has 3 N–H and O–H groups in total. The number of thioether (sulfide) groups is 1. The summed E-state index contributed by atoms with van der Waals surface area (Å²) in [6.45, 7) is 2.64. The van der Waals surface area contributed by atoms with Crippen LogP contribution in [0.3, 0.4) is 0 Å². The summed E-state index contributed by atoms with van der Waals surface area (Å²) in [5.74, 6) is 1.17. The molecule has 0 aliphatic rings. The molecule has 0 spiro atoms. The predicted molar refractivity (Wildman–Crippen MR) is 84.8 cm³/mol. The molecule has 0 fully saturated rings. The second-order valence-electron chi connectivity index (χ2n) is 4.70. The molecule has 0 aliphatic heterocycles. The van der Waals surface area contributed by atoms with E-state index in [1.165, 1.54) is 25.0 Å². The molecular formula is C15H24N2OS. The van der Waals surface area contributed by atoms with Crippen molar-refractivity contribution in [1.29, 1.82) is 0 Å². The van der Waals surface area contributed by atoms with Crippen LogP contribution < -0.4 is 11.1 Å². The Kier molecular flexibility index (Phi) is 7.41. The number of carbonyl (C=O) groups is 1. The second-order valence-corrected chi connectivity index (χ2v) is 5.69. The van der Waals surface area contributed by atoms with Gasteiger partial charge in [0.15, 0.2) is 0 Å².